The number of pyridine rings is 2. The van der Waals surface area contributed by atoms with Gasteiger partial charge in [0.25, 0.3) is 0 Å². The van der Waals surface area contributed by atoms with Crippen LogP contribution in [0, 0.1) is 12.3 Å². The largest absolute Gasteiger partial charge is 0.463 e. The number of nitrogen functional groups attached to an aromatic ring is 2. The lowest BCUT2D eigenvalue weighted by Crippen LogP contribution is -2.37. The van der Waals surface area contributed by atoms with Crippen LogP contribution in [0.1, 0.15) is 35.1 Å². The molecule has 224 valence electrons. The molecule has 2 aromatic heterocycles. The maximum absolute atomic E-state index is 14.3. The minimum absolute atomic E-state index is 0.000756. The number of hydrogen-bond acceptors (Lipinski definition) is 10. The van der Waals surface area contributed by atoms with Crippen molar-refractivity contribution in [2.24, 2.45) is 10.4 Å². The summed E-state index contributed by atoms with van der Waals surface area (Å²) in [5.41, 5.74) is 12.1. The van der Waals surface area contributed by atoms with Gasteiger partial charge < -0.3 is 35.9 Å². The van der Waals surface area contributed by atoms with E-state index in [-0.39, 0.29) is 58.4 Å². The van der Waals surface area contributed by atoms with Gasteiger partial charge in [0.2, 0.25) is 0 Å². The molecule has 5 aliphatic rings. The number of benzene rings is 1. The molecule has 43 heavy (non-hydrogen) atoms. The summed E-state index contributed by atoms with van der Waals surface area (Å²) in [6.45, 7) is 2.64. The first-order chi connectivity index (χ1) is 20.5. The Kier molecular flexibility index (Phi) is 6.36. The first kappa shape index (κ1) is 27.6. The Bertz CT molecular complexity index is 1700. The van der Waals surface area contributed by atoms with Crippen LogP contribution in [0.2, 0.25) is 5.02 Å². The zero-order chi connectivity index (χ0) is 30.1. The van der Waals surface area contributed by atoms with E-state index in [0.717, 1.165) is 18.4 Å². The van der Waals surface area contributed by atoms with E-state index in [1.165, 1.54) is 19.1 Å². The molecule has 1 aliphatic carbocycles. The van der Waals surface area contributed by atoms with Gasteiger partial charge in [-0.15, -0.1) is 0 Å². The Hall–Kier alpha value is -4.23. The van der Waals surface area contributed by atoms with E-state index in [1.54, 1.807) is 18.5 Å². The number of amidine groups is 1. The second kappa shape index (κ2) is 9.91. The van der Waals surface area contributed by atoms with Crippen molar-refractivity contribution in [3.63, 3.8) is 0 Å². The summed E-state index contributed by atoms with van der Waals surface area (Å²) in [7, 11) is 0. The molecule has 0 atom stereocenters. The Morgan fingerprint density at radius 2 is 2.07 bits per heavy atom. The van der Waals surface area contributed by atoms with Gasteiger partial charge in [0, 0.05) is 22.7 Å². The van der Waals surface area contributed by atoms with E-state index in [1.807, 2.05) is 11.0 Å². The summed E-state index contributed by atoms with van der Waals surface area (Å²) in [6.07, 6.45) is 0.595. The molecule has 0 spiro atoms. The van der Waals surface area contributed by atoms with E-state index < -0.39 is 17.4 Å². The number of ether oxygens (including phenoxy) is 3. The number of aromatic nitrogens is 2. The number of hydrogen-bond donors (Lipinski definition) is 3. The number of aryl methyl sites for hydroxylation is 1. The average molecular weight is 614 g/mol. The van der Waals surface area contributed by atoms with Crippen molar-refractivity contribution in [3.8, 4) is 17.0 Å². The third-order valence-electron chi connectivity index (χ3n) is 8.19. The van der Waals surface area contributed by atoms with Crippen LogP contribution in [0.25, 0.3) is 11.3 Å². The first-order valence-corrected chi connectivity index (χ1v) is 14.0. The molecule has 14 heteroatoms. The molecular formula is C29H27ClF3N7O3. The zero-order valence-corrected chi connectivity index (χ0v) is 23.7. The topological polar surface area (TPSA) is 133 Å². The zero-order valence-electron chi connectivity index (χ0n) is 23.0. The highest BCUT2D eigenvalue weighted by Crippen LogP contribution is 2.51. The molecule has 0 unspecified atom stereocenters. The standard InChI is InChI=1S/C29H27ClF3N7O3/c1-14-5-19(34)39-24(22(14)29(31,32)33)17-6-18-21-25(23(17)30)37-13-38-27(21)40(9-15-3-2-4-36-26(15)35)10-20(43-18)42-12-28-7-16(8-28)41-11-28/h2-6,10,16,37H,7-9,11-13H2,1H3,(H2,34,39)(H2,35,36). The molecule has 4 aliphatic heterocycles. The number of nitrogens with one attached hydrogen (secondary N) is 1. The van der Waals surface area contributed by atoms with E-state index in [4.69, 9.17) is 37.3 Å². The van der Waals surface area contributed by atoms with Crippen molar-refractivity contribution in [3.05, 3.63) is 69.9 Å². The molecule has 5 N–H and O–H groups in total. The van der Waals surface area contributed by atoms with Gasteiger partial charge in [0.15, 0.2) is 0 Å². The van der Waals surface area contributed by atoms with Crippen LogP contribution < -0.4 is 21.5 Å². The highest BCUT2D eigenvalue weighted by Gasteiger charge is 2.52. The Balaban J connectivity index is 1.37. The fourth-order valence-electron chi connectivity index (χ4n) is 6.13. The molecular weight excluding hydrogens is 587 g/mol. The fraction of sp³-hybridized carbons (Fsp3) is 0.345. The highest BCUT2D eigenvalue weighted by atomic mass is 35.5. The van der Waals surface area contributed by atoms with Gasteiger partial charge >= 0.3 is 12.1 Å². The third kappa shape index (κ3) is 4.76. The van der Waals surface area contributed by atoms with E-state index in [9.17, 15) is 13.2 Å². The summed E-state index contributed by atoms with van der Waals surface area (Å²) in [6, 6.07) is 6.23. The quantitative estimate of drug-likeness (QED) is 0.338. The second-order valence-electron chi connectivity index (χ2n) is 11.2. The Morgan fingerprint density at radius 1 is 1.26 bits per heavy atom. The lowest BCUT2D eigenvalue weighted by Gasteiger charge is -2.34. The fourth-order valence-corrected chi connectivity index (χ4v) is 6.44. The van der Waals surface area contributed by atoms with Crippen LogP contribution in [0.5, 0.6) is 5.75 Å². The van der Waals surface area contributed by atoms with Crippen LogP contribution in [-0.2, 0) is 22.2 Å². The predicted molar refractivity (Wildman–Crippen MR) is 154 cm³/mol. The van der Waals surface area contributed by atoms with Crippen LogP contribution in [0.3, 0.4) is 0 Å². The molecule has 0 radical (unpaired) electrons. The number of anilines is 3. The summed E-state index contributed by atoms with van der Waals surface area (Å²) in [5.74, 6) is 1.06. The average Bonchev–Trinajstić information content (AvgIpc) is 3.50. The van der Waals surface area contributed by atoms with Crippen molar-refractivity contribution in [1.29, 1.82) is 0 Å². The van der Waals surface area contributed by atoms with E-state index >= 15 is 0 Å². The van der Waals surface area contributed by atoms with Gasteiger partial charge in [-0.2, -0.15) is 13.2 Å². The van der Waals surface area contributed by atoms with Gasteiger partial charge in [-0.25, -0.2) is 15.0 Å². The summed E-state index contributed by atoms with van der Waals surface area (Å²) < 4.78 is 61.2. The lowest BCUT2D eigenvalue weighted by atomic mass is 9.71. The summed E-state index contributed by atoms with van der Waals surface area (Å²) in [4.78, 5) is 14.8. The Morgan fingerprint density at radius 3 is 2.79 bits per heavy atom. The van der Waals surface area contributed by atoms with Gasteiger partial charge in [-0.05, 0) is 43.5 Å². The summed E-state index contributed by atoms with van der Waals surface area (Å²) >= 11 is 6.87. The number of fused-ring (bicyclic) bond motifs is 1. The minimum atomic E-state index is -4.72. The van der Waals surface area contributed by atoms with Gasteiger partial charge in [0.1, 0.15) is 29.9 Å². The maximum atomic E-state index is 14.3. The monoisotopic (exact) mass is 613 g/mol. The third-order valence-corrected chi connectivity index (χ3v) is 8.58. The molecule has 2 bridgehead atoms. The number of rotatable bonds is 6. The van der Waals surface area contributed by atoms with E-state index in [0.29, 0.717) is 36.1 Å². The molecule has 3 aromatic rings. The number of alkyl halides is 3. The van der Waals surface area contributed by atoms with Crippen molar-refractivity contribution in [2.45, 2.75) is 38.6 Å². The highest BCUT2D eigenvalue weighted by molar-refractivity contribution is 6.37. The number of halogens is 4. The first-order valence-electron chi connectivity index (χ1n) is 13.6. The molecule has 6 heterocycles. The Labute approximate surface area is 249 Å². The van der Waals surface area contributed by atoms with Crippen molar-refractivity contribution in [2.75, 3.05) is 36.7 Å². The van der Waals surface area contributed by atoms with Crippen LogP contribution in [0.15, 0.2) is 47.6 Å². The summed E-state index contributed by atoms with van der Waals surface area (Å²) in [5, 5.41) is 3.13. The van der Waals surface area contributed by atoms with Gasteiger partial charge in [-0.3, -0.25) is 0 Å². The number of nitrogens with zero attached hydrogens (tertiary/aromatic N) is 4. The van der Waals surface area contributed by atoms with Crippen molar-refractivity contribution in [1.82, 2.24) is 14.9 Å². The lowest BCUT2D eigenvalue weighted by molar-refractivity contribution is -0.137. The maximum Gasteiger partial charge on any atom is 0.418 e. The predicted octanol–water partition coefficient (Wildman–Crippen LogP) is 5.31. The van der Waals surface area contributed by atoms with Crippen molar-refractivity contribution >= 4 is 34.8 Å². The molecule has 0 amide bonds. The van der Waals surface area contributed by atoms with Crippen LogP contribution >= 0.6 is 11.6 Å². The molecule has 10 nitrogen and oxygen atoms in total. The number of nitrogens with two attached hydrogens (primary N) is 2. The smallest absolute Gasteiger partial charge is 0.418 e. The van der Waals surface area contributed by atoms with Crippen molar-refractivity contribution < 1.29 is 27.4 Å². The molecule has 3 fully saturated rings. The van der Waals surface area contributed by atoms with Crippen LogP contribution in [-0.4, -0.2) is 46.7 Å². The van der Waals surface area contributed by atoms with E-state index in [2.05, 4.69) is 20.3 Å². The SMILES string of the molecule is Cc1cc(N)nc(-c2cc3c4c(c2Cl)NCN=C4N(Cc2cccnc2N)C=C(OCC24COC(C2)C4)O3)c1C(F)(F)F. The molecule has 8 rings (SSSR count). The minimum Gasteiger partial charge on any atom is -0.463 e. The molecule has 1 saturated carbocycles. The normalized spacial score (nSPS) is 22.0. The number of aliphatic imine (C=N–C) groups is 1. The molecule has 2 saturated heterocycles. The van der Waals surface area contributed by atoms with Gasteiger partial charge in [0.05, 0.1) is 59.6 Å². The second-order valence-corrected chi connectivity index (χ2v) is 11.6. The van der Waals surface area contributed by atoms with Crippen LogP contribution in [0.4, 0.5) is 30.5 Å². The van der Waals surface area contributed by atoms with Gasteiger partial charge in [-0.1, -0.05) is 17.7 Å². The molecule has 1 aromatic carbocycles.